The monoisotopic (exact) mass is 264 g/mol. The second kappa shape index (κ2) is 6.01. The molecule has 0 bridgehead atoms. The van der Waals surface area contributed by atoms with Gasteiger partial charge >= 0.3 is 0 Å². The zero-order valence-electron chi connectivity index (χ0n) is 10.4. The van der Waals surface area contributed by atoms with Gasteiger partial charge in [0.25, 0.3) is 5.91 Å². The van der Waals surface area contributed by atoms with Crippen LogP contribution in [0.15, 0.2) is 29.4 Å². The van der Waals surface area contributed by atoms with Crippen molar-refractivity contribution in [3.05, 3.63) is 34.9 Å². The first-order chi connectivity index (χ1) is 8.65. The summed E-state index contributed by atoms with van der Waals surface area (Å²) in [5, 5.41) is 4.77. The molecule has 1 aliphatic carbocycles. The lowest BCUT2D eigenvalue weighted by atomic mass is 9.89. The maximum Gasteiger partial charge on any atom is 0.271 e. The molecule has 1 aliphatic rings. The number of amides is 1. The van der Waals surface area contributed by atoms with Crippen LogP contribution >= 0.6 is 11.6 Å². The second-order valence-electron chi connectivity index (χ2n) is 4.83. The van der Waals surface area contributed by atoms with Gasteiger partial charge in [-0.25, -0.2) is 5.43 Å². The van der Waals surface area contributed by atoms with Crippen molar-refractivity contribution in [1.82, 2.24) is 5.43 Å². The third-order valence-electron chi connectivity index (χ3n) is 3.15. The molecule has 0 aromatic heterocycles. The molecule has 1 aromatic carbocycles. The number of carbonyl (C=O) groups excluding carboxylic acids is 1. The van der Waals surface area contributed by atoms with Crippen molar-refractivity contribution in [3.8, 4) is 0 Å². The van der Waals surface area contributed by atoms with E-state index in [4.69, 9.17) is 11.6 Å². The Morgan fingerprint density at radius 2 is 2.33 bits per heavy atom. The molecule has 0 spiro atoms. The highest BCUT2D eigenvalue weighted by Crippen LogP contribution is 2.21. The van der Waals surface area contributed by atoms with Gasteiger partial charge in [-0.05, 0) is 49.8 Å². The Hall–Kier alpha value is -1.35. The third-order valence-corrected chi connectivity index (χ3v) is 3.38. The number of nitrogens with zero attached hydrogens (tertiary/aromatic N) is 1. The van der Waals surface area contributed by atoms with Crippen LogP contribution in [-0.4, -0.2) is 11.6 Å². The highest BCUT2D eigenvalue weighted by Gasteiger charge is 2.14. The maximum atomic E-state index is 11.8. The summed E-state index contributed by atoms with van der Waals surface area (Å²) >= 11 is 5.84. The zero-order chi connectivity index (χ0) is 13.0. The number of rotatable bonds is 2. The largest absolute Gasteiger partial charge is 0.271 e. The van der Waals surface area contributed by atoms with Gasteiger partial charge in [-0.3, -0.25) is 4.79 Å². The highest BCUT2D eigenvalue weighted by atomic mass is 35.5. The first kappa shape index (κ1) is 13.1. The summed E-state index contributed by atoms with van der Waals surface area (Å²) in [6.45, 7) is 2.22. The summed E-state index contributed by atoms with van der Waals surface area (Å²) in [6.07, 6.45) is 4.38. The van der Waals surface area contributed by atoms with Crippen LogP contribution in [0.2, 0.25) is 5.02 Å². The van der Waals surface area contributed by atoms with E-state index in [0.29, 0.717) is 16.5 Å². The number of hydrogen-bond donors (Lipinski definition) is 1. The van der Waals surface area contributed by atoms with Crippen LogP contribution in [0.1, 0.15) is 43.0 Å². The highest BCUT2D eigenvalue weighted by molar-refractivity contribution is 6.30. The van der Waals surface area contributed by atoms with Gasteiger partial charge < -0.3 is 0 Å². The predicted molar refractivity (Wildman–Crippen MR) is 74.0 cm³/mol. The number of hydrogen-bond acceptors (Lipinski definition) is 2. The summed E-state index contributed by atoms with van der Waals surface area (Å²) in [5.41, 5.74) is 4.23. The lowest BCUT2D eigenvalue weighted by Crippen LogP contribution is -2.22. The van der Waals surface area contributed by atoms with Crippen LogP contribution in [0.5, 0.6) is 0 Å². The van der Waals surface area contributed by atoms with Gasteiger partial charge in [0.05, 0.1) is 0 Å². The van der Waals surface area contributed by atoms with Crippen molar-refractivity contribution in [2.45, 2.75) is 32.6 Å². The van der Waals surface area contributed by atoms with E-state index in [1.165, 1.54) is 6.42 Å². The standard InChI is InChI=1S/C14H17ClN2O/c1-10-4-2-7-13(8-10)16-17-14(18)11-5-3-6-12(15)9-11/h3,5-6,9-10H,2,4,7-8H2,1H3,(H,17,18)/b16-13-/t10-/m1/s1. The molecule has 96 valence electrons. The lowest BCUT2D eigenvalue weighted by molar-refractivity contribution is 0.0954. The molecule has 2 rings (SSSR count). The third kappa shape index (κ3) is 3.57. The molecule has 0 heterocycles. The molecular weight excluding hydrogens is 248 g/mol. The molecule has 0 saturated heterocycles. The van der Waals surface area contributed by atoms with Crippen LogP contribution < -0.4 is 5.43 Å². The molecule has 3 nitrogen and oxygen atoms in total. The average molecular weight is 265 g/mol. The quantitative estimate of drug-likeness (QED) is 0.814. The molecule has 1 N–H and O–H groups in total. The molecule has 0 aliphatic heterocycles. The van der Waals surface area contributed by atoms with Crippen molar-refractivity contribution in [3.63, 3.8) is 0 Å². The first-order valence-corrected chi connectivity index (χ1v) is 6.64. The second-order valence-corrected chi connectivity index (χ2v) is 5.27. The smallest absolute Gasteiger partial charge is 0.267 e. The molecular formula is C14H17ClN2O. The molecule has 1 saturated carbocycles. The molecule has 1 atom stereocenters. The van der Waals surface area contributed by atoms with E-state index in [1.54, 1.807) is 24.3 Å². The van der Waals surface area contributed by atoms with Crippen LogP contribution in [0.25, 0.3) is 0 Å². The summed E-state index contributed by atoms with van der Waals surface area (Å²) in [7, 11) is 0. The Kier molecular flexibility index (Phi) is 4.37. The van der Waals surface area contributed by atoms with Crippen molar-refractivity contribution in [1.29, 1.82) is 0 Å². The van der Waals surface area contributed by atoms with E-state index >= 15 is 0 Å². The van der Waals surface area contributed by atoms with Gasteiger partial charge in [0.15, 0.2) is 0 Å². The predicted octanol–water partition coefficient (Wildman–Crippen LogP) is 3.64. The van der Waals surface area contributed by atoms with Gasteiger partial charge in [-0.1, -0.05) is 24.6 Å². The average Bonchev–Trinajstić information content (AvgIpc) is 2.36. The van der Waals surface area contributed by atoms with E-state index in [9.17, 15) is 4.79 Å². The fraction of sp³-hybridized carbons (Fsp3) is 0.429. The van der Waals surface area contributed by atoms with Gasteiger partial charge in [0.2, 0.25) is 0 Å². The molecule has 1 aromatic rings. The van der Waals surface area contributed by atoms with Gasteiger partial charge in [-0.15, -0.1) is 0 Å². The minimum atomic E-state index is -0.205. The van der Waals surface area contributed by atoms with Crippen molar-refractivity contribution < 1.29 is 4.79 Å². The number of halogens is 1. The minimum absolute atomic E-state index is 0.205. The molecule has 0 unspecified atom stereocenters. The Labute approximate surface area is 112 Å². The van der Waals surface area contributed by atoms with Crippen LogP contribution in [0.3, 0.4) is 0 Å². The van der Waals surface area contributed by atoms with E-state index in [0.717, 1.165) is 25.0 Å². The molecule has 4 heteroatoms. The number of hydrazone groups is 1. The summed E-state index contributed by atoms with van der Waals surface area (Å²) in [4.78, 5) is 11.8. The minimum Gasteiger partial charge on any atom is -0.267 e. The van der Waals surface area contributed by atoms with Crippen LogP contribution in [0.4, 0.5) is 0 Å². The van der Waals surface area contributed by atoms with Crippen molar-refractivity contribution >= 4 is 23.2 Å². The molecule has 1 fully saturated rings. The van der Waals surface area contributed by atoms with E-state index in [-0.39, 0.29) is 5.91 Å². The fourth-order valence-electron chi connectivity index (χ4n) is 2.19. The molecule has 0 radical (unpaired) electrons. The molecule has 18 heavy (non-hydrogen) atoms. The zero-order valence-corrected chi connectivity index (χ0v) is 11.2. The number of benzene rings is 1. The summed E-state index contributed by atoms with van der Waals surface area (Å²) in [5.74, 6) is 0.462. The van der Waals surface area contributed by atoms with Gasteiger partial charge in [0, 0.05) is 16.3 Å². The van der Waals surface area contributed by atoms with Gasteiger partial charge in [0.1, 0.15) is 0 Å². The Morgan fingerprint density at radius 1 is 1.50 bits per heavy atom. The van der Waals surface area contributed by atoms with E-state index < -0.39 is 0 Å². The topological polar surface area (TPSA) is 41.5 Å². The van der Waals surface area contributed by atoms with Crippen molar-refractivity contribution in [2.75, 3.05) is 0 Å². The number of nitrogens with one attached hydrogen (secondary N) is 1. The maximum absolute atomic E-state index is 11.8. The Bertz CT molecular complexity index is 471. The van der Waals surface area contributed by atoms with Gasteiger partial charge in [-0.2, -0.15) is 5.10 Å². The molecule has 1 amide bonds. The van der Waals surface area contributed by atoms with E-state index in [2.05, 4.69) is 17.5 Å². The summed E-state index contributed by atoms with van der Waals surface area (Å²) < 4.78 is 0. The van der Waals surface area contributed by atoms with Crippen molar-refractivity contribution in [2.24, 2.45) is 11.0 Å². The fourth-order valence-corrected chi connectivity index (χ4v) is 2.38. The van der Waals surface area contributed by atoms with E-state index in [1.807, 2.05) is 0 Å². The number of carbonyl (C=O) groups is 1. The summed E-state index contributed by atoms with van der Waals surface area (Å²) in [6, 6.07) is 6.87. The van der Waals surface area contributed by atoms with Crippen LogP contribution in [-0.2, 0) is 0 Å². The Balaban J connectivity index is 1.97. The SMILES string of the molecule is C[C@@H]1CCC/C(=N/NC(=O)c2cccc(Cl)c2)C1. The normalized spacial score (nSPS) is 21.9. The van der Waals surface area contributed by atoms with Crippen LogP contribution in [0, 0.1) is 5.92 Å². The first-order valence-electron chi connectivity index (χ1n) is 6.26. The lowest BCUT2D eigenvalue weighted by Gasteiger charge is -2.18. The Morgan fingerprint density at radius 3 is 3.06 bits per heavy atom.